The van der Waals surface area contributed by atoms with Gasteiger partial charge in [0.1, 0.15) is 0 Å². The summed E-state index contributed by atoms with van der Waals surface area (Å²) in [6.07, 6.45) is 3.26. The van der Waals surface area contributed by atoms with Crippen LogP contribution in [0.15, 0.2) is 55.3 Å². The summed E-state index contributed by atoms with van der Waals surface area (Å²) in [6.45, 7) is 12.5. The Morgan fingerprint density at radius 2 is 1.91 bits per heavy atom. The highest BCUT2D eigenvalue weighted by atomic mass is 35.5. The van der Waals surface area contributed by atoms with E-state index in [1.54, 1.807) is 4.52 Å². The van der Waals surface area contributed by atoms with Crippen LogP contribution in [0.2, 0.25) is 5.02 Å². The molecule has 2 amide bonds. The summed E-state index contributed by atoms with van der Waals surface area (Å²) in [7, 11) is 0. The topological polar surface area (TPSA) is 61.2 Å². The minimum absolute atomic E-state index is 0.0237. The molecule has 2 saturated heterocycles. The third-order valence-corrected chi connectivity index (χ3v) is 7.75. The van der Waals surface area contributed by atoms with Gasteiger partial charge in [0, 0.05) is 66.7 Å². The molecule has 3 atom stereocenters. The number of rotatable bonds is 4. The summed E-state index contributed by atoms with van der Waals surface area (Å²) < 4.78 is 1.76. The van der Waals surface area contributed by atoms with Gasteiger partial charge in [-0.2, -0.15) is 5.10 Å². The van der Waals surface area contributed by atoms with Gasteiger partial charge in [0.25, 0.3) is 5.91 Å². The first-order valence-electron chi connectivity index (χ1n) is 12.0. The van der Waals surface area contributed by atoms with Gasteiger partial charge in [-0.1, -0.05) is 36.4 Å². The van der Waals surface area contributed by atoms with Gasteiger partial charge >= 0.3 is 0 Å². The molecule has 3 aromatic rings. The second-order valence-electron chi connectivity index (χ2n) is 9.58. The SMILES string of the molecule is C=CC(=O)N1C[C@@H](N2CCN(C(=O)c3nn4ccc(C)cc4c3-c3ccccc3Cl)C[C@@H]2C)[C@H]1C. The second kappa shape index (κ2) is 9.13. The number of carbonyl (C=O) groups is 2. The molecule has 5 rings (SSSR count). The summed E-state index contributed by atoms with van der Waals surface area (Å²) >= 11 is 6.57. The fourth-order valence-corrected chi connectivity index (χ4v) is 5.64. The van der Waals surface area contributed by atoms with Gasteiger partial charge in [0.15, 0.2) is 5.69 Å². The van der Waals surface area contributed by atoms with Crippen molar-refractivity contribution in [2.45, 2.75) is 38.9 Å². The van der Waals surface area contributed by atoms with E-state index in [0.717, 1.165) is 28.8 Å². The fourth-order valence-electron chi connectivity index (χ4n) is 5.41. The van der Waals surface area contributed by atoms with Crippen LogP contribution < -0.4 is 0 Å². The summed E-state index contributed by atoms with van der Waals surface area (Å²) in [6, 6.07) is 12.2. The number of aromatic nitrogens is 2. The van der Waals surface area contributed by atoms with E-state index in [1.165, 1.54) is 6.08 Å². The molecule has 4 heterocycles. The van der Waals surface area contributed by atoms with Crippen molar-refractivity contribution in [1.29, 1.82) is 0 Å². The fraction of sp³-hybridized carbons (Fsp3) is 0.370. The van der Waals surface area contributed by atoms with Crippen molar-refractivity contribution in [1.82, 2.24) is 24.3 Å². The predicted octanol–water partition coefficient (Wildman–Crippen LogP) is 3.89. The van der Waals surface area contributed by atoms with E-state index in [2.05, 4.69) is 25.3 Å². The molecule has 182 valence electrons. The van der Waals surface area contributed by atoms with Crippen molar-refractivity contribution in [2.75, 3.05) is 26.2 Å². The molecule has 0 bridgehead atoms. The maximum Gasteiger partial charge on any atom is 0.275 e. The lowest BCUT2D eigenvalue weighted by Gasteiger charge is -2.54. The molecule has 2 aliphatic heterocycles. The van der Waals surface area contributed by atoms with Gasteiger partial charge in [0.2, 0.25) is 5.91 Å². The molecular formula is C27H30ClN5O2. The average molecular weight is 492 g/mol. The van der Waals surface area contributed by atoms with Gasteiger partial charge in [-0.25, -0.2) is 4.52 Å². The van der Waals surface area contributed by atoms with E-state index >= 15 is 0 Å². The van der Waals surface area contributed by atoms with Crippen LogP contribution in [-0.2, 0) is 4.79 Å². The normalized spacial score (nSPS) is 22.8. The highest BCUT2D eigenvalue weighted by Gasteiger charge is 2.44. The van der Waals surface area contributed by atoms with Crippen LogP contribution >= 0.6 is 11.6 Å². The lowest BCUT2D eigenvalue weighted by Crippen LogP contribution is -2.70. The first-order chi connectivity index (χ1) is 16.8. The first kappa shape index (κ1) is 23.6. The van der Waals surface area contributed by atoms with Crippen molar-refractivity contribution >= 4 is 28.9 Å². The van der Waals surface area contributed by atoms with E-state index in [1.807, 2.05) is 59.3 Å². The molecule has 0 radical (unpaired) electrons. The zero-order valence-corrected chi connectivity index (χ0v) is 21.1. The number of benzene rings is 1. The van der Waals surface area contributed by atoms with Gasteiger partial charge < -0.3 is 9.80 Å². The number of hydrogen-bond donors (Lipinski definition) is 0. The molecule has 0 saturated carbocycles. The molecule has 2 fully saturated rings. The Morgan fingerprint density at radius 3 is 2.60 bits per heavy atom. The Balaban J connectivity index is 1.41. The minimum Gasteiger partial charge on any atom is -0.334 e. The molecule has 0 aliphatic carbocycles. The molecule has 1 aromatic carbocycles. The lowest BCUT2D eigenvalue weighted by atomic mass is 9.93. The van der Waals surface area contributed by atoms with E-state index in [9.17, 15) is 9.59 Å². The standard InChI is InChI=1S/C27H30ClN5O2/c1-5-24(34)32-16-23(19(32)4)31-13-12-30(15-18(31)3)27(35)26-25(20-8-6-7-9-21(20)28)22-14-17(2)10-11-33(22)29-26/h5-11,14,18-19,23H,1,12-13,15-16H2,2-4H3/t18-,19+,23+/m0/s1. The van der Waals surface area contributed by atoms with Crippen molar-refractivity contribution < 1.29 is 9.59 Å². The van der Waals surface area contributed by atoms with E-state index in [0.29, 0.717) is 36.4 Å². The van der Waals surface area contributed by atoms with Gasteiger partial charge in [0.05, 0.1) is 5.52 Å². The van der Waals surface area contributed by atoms with Gasteiger partial charge in [-0.05, 0) is 50.6 Å². The van der Waals surface area contributed by atoms with E-state index < -0.39 is 0 Å². The van der Waals surface area contributed by atoms with Gasteiger partial charge in [-0.3, -0.25) is 14.5 Å². The minimum atomic E-state index is -0.0853. The number of fused-ring (bicyclic) bond motifs is 1. The smallest absolute Gasteiger partial charge is 0.275 e. The molecule has 35 heavy (non-hydrogen) atoms. The Labute approximate surface area is 210 Å². The van der Waals surface area contributed by atoms with Crippen LogP contribution in [0.1, 0.15) is 29.9 Å². The van der Waals surface area contributed by atoms with Crippen molar-refractivity contribution in [3.05, 3.63) is 71.5 Å². The predicted molar refractivity (Wildman–Crippen MR) is 138 cm³/mol. The third kappa shape index (κ3) is 4.02. The summed E-state index contributed by atoms with van der Waals surface area (Å²) in [5.41, 5.74) is 3.95. The van der Waals surface area contributed by atoms with Crippen LogP contribution in [0.5, 0.6) is 0 Å². The first-order valence-corrected chi connectivity index (χ1v) is 12.4. The highest BCUT2D eigenvalue weighted by Crippen LogP contribution is 2.35. The Bertz CT molecular complexity index is 1320. The van der Waals surface area contributed by atoms with Crippen molar-refractivity contribution in [3.8, 4) is 11.1 Å². The number of carbonyl (C=O) groups excluding carboxylic acids is 2. The molecule has 2 aliphatic rings. The molecule has 2 aromatic heterocycles. The van der Waals surface area contributed by atoms with Crippen LogP contribution in [0.25, 0.3) is 16.6 Å². The molecule has 0 spiro atoms. The average Bonchev–Trinajstić information content (AvgIpc) is 3.22. The van der Waals surface area contributed by atoms with Crippen molar-refractivity contribution in [3.63, 3.8) is 0 Å². The largest absolute Gasteiger partial charge is 0.334 e. The third-order valence-electron chi connectivity index (χ3n) is 7.42. The zero-order valence-electron chi connectivity index (χ0n) is 20.3. The number of halogens is 1. The van der Waals surface area contributed by atoms with E-state index in [-0.39, 0.29) is 23.9 Å². The number of hydrogen-bond acceptors (Lipinski definition) is 4. The number of piperazine rings is 1. The van der Waals surface area contributed by atoms with E-state index in [4.69, 9.17) is 16.7 Å². The van der Waals surface area contributed by atoms with Crippen LogP contribution in [0.3, 0.4) is 0 Å². The second-order valence-corrected chi connectivity index (χ2v) is 9.99. The summed E-state index contributed by atoms with van der Waals surface area (Å²) in [5.74, 6) is -0.109. The quantitative estimate of drug-likeness (QED) is 0.519. The number of pyridine rings is 1. The monoisotopic (exact) mass is 491 g/mol. The Kier molecular flexibility index (Phi) is 6.15. The summed E-state index contributed by atoms with van der Waals surface area (Å²) in [4.78, 5) is 32.0. The number of aryl methyl sites for hydroxylation is 1. The molecule has 0 N–H and O–H groups in total. The number of likely N-dealkylation sites (tertiary alicyclic amines) is 1. The van der Waals surface area contributed by atoms with Crippen LogP contribution in [0, 0.1) is 6.92 Å². The van der Waals surface area contributed by atoms with Crippen molar-refractivity contribution in [2.24, 2.45) is 0 Å². The maximum atomic E-state index is 13.8. The molecule has 0 unspecified atom stereocenters. The molecule has 7 nitrogen and oxygen atoms in total. The van der Waals surface area contributed by atoms with Crippen LogP contribution in [-0.4, -0.2) is 80.4 Å². The Hall–Kier alpha value is -3.16. The Morgan fingerprint density at radius 1 is 1.14 bits per heavy atom. The molecular weight excluding hydrogens is 462 g/mol. The zero-order chi connectivity index (χ0) is 24.9. The number of nitrogens with zero attached hydrogens (tertiary/aromatic N) is 5. The lowest BCUT2D eigenvalue weighted by molar-refractivity contribution is -0.141. The van der Waals surface area contributed by atoms with Gasteiger partial charge in [-0.15, -0.1) is 0 Å². The highest BCUT2D eigenvalue weighted by molar-refractivity contribution is 6.33. The maximum absolute atomic E-state index is 13.8. The number of amides is 2. The van der Waals surface area contributed by atoms with Crippen LogP contribution in [0.4, 0.5) is 0 Å². The molecule has 8 heteroatoms. The summed E-state index contributed by atoms with van der Waals surface area (Å²) in [5, 5.41) is 5.29.